The van der Waals surface area contributed by atoms with Crippen molar-refractivity contribution in [1.82, 2.24) is 0 Å². The zero-order valence-corrected chi connectivity index (χ0v) is 28.1. The van der Waals surface area contributed by atoms with E-state index in [4.69, 9.17) is 47.4 Å². The highest BCUT2D eigenvalue weighted by Crippen LogP contribution is 2.69. The number of rotatable bonds is 9. The highest BCUT2D eigenvalue weighted by Gasteiger charge is 2.77. The summed E-state index contributed by atoms with van der Waals surface area (Å²) in [6, 6.07) is 19.6. The minimum atomic E-state index is -1.92. The predicted molar refractivity (Wildman–Crippen MR) is 171 cm³/mol. The van der Waals surface area contributed by atoms with Gasteiger partial charge in [0.25, 0.3) is 5.79 Å². The first-order chi connectivity index (χ1) is 23.4. The van der Waals surface area contributed by atoms with Crippen LogP contribution in [0.25, 0.3) is 0 Å². The summed E-state index contributed by atoms with van der Waals surface area (Å²) < 4.78 is 63.8. The third-order valence-corrected chi connectivity index (χ3v) is 10.1. The molecule has 0 bridgehead atoms. The Labute approximate surface area is 279 Å². The molecular weight excluding hydrogens is 620 g/mol. The minimum Gasteiger partial charge on any atom is -0.492 e. The van der Waals surface area contributed by atoms with Gasteiger partial charge in [0.05, 0.1) is 43.1 Å². The van der Waals surface area contributed by atoms with Gasteiger partial charge in [-0.05, 0) is 11.1 Å². The zero-order valence-electron chi connectivity index (χ0n) is 28.1. The normalized spacial score (nSPS) is 30.2. The zero-order chi connectivity index (χ0) is 33.8. The van der Waals surface area contributed by atoms with Crippen LogP contribution < -0.4 is 18.9 Å². The van der Waals surface area contributed by atoms with E-state index in [2.05, 4.69) is 0 Å². The molecule has 0 spiro atoms. The highest BCUT2D eigenvalue weighted by atomic mass is 16.8. The number of ether oxygens (including phenoxy) is 10. The van der Waals surface area contributed by atoms with Gasteiger partial charge in [-0.2, -0.15) is 0 Å². The van der Waals surface area contributed by atoms with Gasteiger partial charge in [-0.15, -0.1) is 0 Å². The van der Waals surface area contributed by atoms with Crippen LogP contribution >= 0.6 is 0 Å². The second kappa shape index (κ2) is 12.4. The SMILES string of the molecule is COc1c2c(c3c(c1OC)[C@@]1(OC)C4=C(C(=O)[C@H](OC)[C@@]1(OC)O3)[C@@H](OC)C[C@H](c1ccccc1)O4)[C@H](OC)C[C@H](c1ccccc1)O2. The Morgan fingerprint density at radius 2 is 1.25 bits per heavy atom. The van der Waals surface area contributed by atoms with Crippen LogP contribution in [0.2, 0.25) is 0 Å². The number of fused-ring (bicyclic) bond motifs is 6. The second-order valence-corrected chi connectivity index (χ2v) is 12.0. The topological polar surface area (TPSA) is 109 Å². The molecule has 0 saturated carbocycles. The van der Waals surface area contributed by atoms with E-state index in [1.165, 1.54) is 35.5 Å². The third kappa shape index (κ3) is 4.28. The fourth-order valence-corrected chi connectivity index (χ4v) is 7.94. The van der Waals surface area contributed by atoms with Crippen molar-refractivity contribution in [1.29, 1.82) is 0 Å². The summed E-state index contributed by atoms with van der Waals surface area (Å²) in [6.07, 6.45) is -2.54. The van der Waals surface area contributed by atoms with E-state index < -0.39 is 41.6 Å². The molecule has 4 aliphatic rings. The Morgan fingerprint density at radius 1 is 0.667 bits per heavy atom. The van der Waals surface area contributed by atoms with Crippen molar-refractivity contribution in [2.45, 2.75) is 54.7 Å². The van der Waals surface area contributed by atoms with Crippen LogP contribution in [0.1, 0.15) is 53.4 Å². The van der Waals surface area contributed by atoms with Gasteiger partial charge in [-0.3, -0.25) is 4.79 Å². The summed E-state index contributed by atoms with van der Waals surface area (Å²) >= 11 is 0. The fourth-order valence-electron chi connectivity index (χ4n) is 7.94. The van der Waals surface area contributed by atoms with E-state index in [-0.39, 0.29) is 23.2 Å². The molecule has 7 rings (SSSR count). The molecule has 0 radical (unpaired) electrons. The van der Waals surface area contributed by atoms with Crippen molar-refractivity contribution in [3.63, 3.8) is 0 Å². The average Bonchev–Trinajstić information content (AvgIpc) is 3.46. The summed E-state index contributed by atoms with van der Waals surface area (Å²) in [7, 11) is 10.6. The van der Waals surface area contributed by atoms with Crippen LogP contribution in [0.5, 0.6) is 23.0 Å². The van der Waals surface area contributed by atoms with Crippen molar-refractivity contribution in [2.24, 2.45) is 0 Å². The molecule has 11 heteroatoms. The van der Waals surface area contributed by atoms with Crippen molar-refractivity contribution < 1.29 is 52.2 Å². The van der Waals surface area contributed by atoms with Gasteiger partial charge < -0.3 is 47.4 Å². The Hall–Kier alpha value is -4.13. The molecule has 11 nitrogen and oxygen atoms in total. The summed E-state index contributed by atoms with van der Waals surface area (Å²) in [5.74, 6) is -0.910. The van der Waals surface area contributed by atoms with E-state index in [0.717, 1.165) is 11.1 Å². The van der Waals surface area contributed by atoms with Gasteiger partial charge in [0.15, 0.2) is 23.4 Å². The number of hydrogen-bond donors (Lipinski definition) is 0. The van der Waals surface area contributed by atoms with E-state index in [0.29, 0.717) is 41.2 Å². The Morgan fingerprint density at radius 3 is 1.77 bits per heavy atom. The minimum absolute atomic E-state index is 0.184. The molecule has 48 heavy (non-hydrogen) atoms. The van der Waals surface area contributed by atoms with Crippen LogP contribution in [-0.4, -0.2) is 73.5 Å². The number of hydrogen-bond acceptors (Lipinski definition) is 11. The van der Waals surface area contributed by atoms with E-state index in [9.17, 15) is 4.79 Å². The first-order valence-corrected chi connectivity index (χ1v) is 15.8. The molecule has 3 aliphatic heterocycles. The Kier molecular flexibility index (Phi) is 8.37. The molecular formula is C37H40O11. The maximum absolute atomic E-state index is 14.5. The van der Waals surface area contributed by atoms with Crippen LogP contribution in [0, 0.1) is 0 Å². The largest absolute Gasteiger partial charge is 0.492 e. The molecule has 3 aromatic carbocycles. The van der Waals surface area contributed by atoms with Crippen LogP contribution in [0.15, 0.2) is 72.0 Å². The molecule has 254 valence electrons. The Bertz CT molecular complexity index is 1720. The molecule has 0 fully saturated rings. The lowest BCUT2D eigenvalue weighted by atomic mass is 9.70. The molecule has 0 N–H and O–H groups in total. The second-order valence-electron chi connectivity index (χ2n) is 12.0. The van der Waals surface area contributed by atoms with Crippen molar-refractivity contribution in [3.05, 3.63) is 94.2 Å². The number of carbonyl (C=O) groups is 1. The van der Waals surface area contributed by atoms with E-state index in [1.54, 1.807) is 14.2 Å². The molecule has 1 aliphatic carbocycles. The fraction of sp³-hybridized carbons (Fsp3) is 0.432. The molecule has 0 aromatic heterocycles. The van der Waals surface area contributed by atoms with Crippen LogP contribution in [-0.2, 0) is 38.8 Å². The molecule has 3 heterocycles. The van der Waals surface area contributed by atoms with Crippen molar-refractivity contribution in [3.8, 4) is 23.0 Å². The van der Waals surface area contributed by atoms with Gasteiger partial charge in [0, 0.05) is 48.4 Å². The molecule has 3 aromatic rings. The quantitative estimate of drug-likeness (QED) is 0.290. The summed E-state index contributed by atoms with van der Waals surface area (Å²) in [6.45, 7) is 0. The van der Waals surface area contributed by atoms with Crippen molar-refractivity contribution in [2.75, 3.05) is 49.8 Å². The standard InChI is InChI=1S/C37H40O11/c1-39-24-19-23(21-16-12-9-13-17-21)47-34-26(24)29(38)35(43-5)37(45-7)36(34,44-6)28-30(48-37)27-25(40-2)18-22(20-14-10-8-11-15-20)46-31(27)33(42-4)32(28)41-3/h8-17,22-25,35H,18-19H2,1-7H3/t22-,23-,24+,25-,35+,36-,37-/m1/s1. The smallest absolute Gasteiger partial charge is 0.285 e. The molecule has 0 amide bonds. The monoisotopic (exact) mass is 660 g/mol. The summed E-state index contributed by atoms with van der Waals surface area (Å²) in [4.78, 5) is 14.5. The van der Waals surface area contributed by atoms with Crippen LogP contribution in [0.4, 0.5) is 0 Å². The van der Waals surface area contributed by atoms with Gasteiger partial charge in [-0.25, -0.2) is 0 Å². The lowest BCUT2D eigenvalue weighted by molar-refractivity contribution is -0.310. The molecule has 0 saturated heterocycles. The lowest BCUT2D eigenvalue weighted by Crippen LogP contribution is -2.69. The highest BCUT2D eigenvalue weighted by molar-refractivity contribution is 6.03. The average molecular weight is 661 g/mol. The Balaban J connectivity index is 1.54. The summed E-state index contributed by atoms with van der Waals surface area (Å²) in [5.41, 5.74) is 1.33. The number of benzene rings is 3. The first-order valence-electron chi connectivity index (χ1n) is 15.8. The van der Waals surface area contributed by atoms with Gasteiger partial charge in [0.1, 0.15) is 18.0 Å². The lowest BCUT2D eigenvalue weighted by Gasteiger charge is -2.51. The van der Waals surface area contributed by atoms with E-state index in [1.807, 2.05) is 60.7 Å². The van der Waals surface area contributed by atoms with Gasteiger partial charge >= 0.3 is 0 Å². The van der Waals surface area contributed by atoms with Crippen molar-refractivity contribution >= 4 is 5.78 Å². The van der Waals surface area contributed by atoms with E-state index >= 15 is 0 Å². The maximum Gasteiger partial charge on any atom is 0.285 e. The maximum atomic E-state index is 14.5. The number of carbonyl (C=O) groups excluding carboxylic acids is 1. The number of methoxy groups -OCH3 is 7. The van der Waals surface area contributed by atoms with Crippen LogP contribution in [0.3, 0.4) is 0 Å². The van der Waals surface area contributed by atoms with Gasteiger partial charge in [-0.1, -0.05) is 60.7 Å². The predicted octanol–water partition coefficient (Wildman–Crippen LogP) is 5.52. The first kappa shape index (κ1) is 32.4. The number of ketones is 1. The molecule has 0 unspecified atom stereocenters. The molecule has 7 atom stereocenters. The number of Topliss-reactive ketones (excluding diaryl/α,β-unsaturated/α-hetero) is 1. The van der Waals surface area contributed by atoms with Gasteiger partial charge in [0.2, 0.25) is 17.1 Å². The third-order valence-electron chi connectivity index (χ3n) is 10.1. The summed E-state index contributed by atoms with van der Waals surface area (Å²) in [5, 5.41) is 0.